The van der Waals surface area contributed by atoms with Gasteiger partial charge >= 0.3 is 0 Å². The largest absolute Gasteiger partial charge is 0.383 e. The van der Waals surface area contributed by atoms with E-state index in [1.807, 2.05) is 18.2 Å². The summed E-state index contributed by atoms with van der Waals surface area (Å²) >= 11 is 9.02. The lowest BCUT2D eigenvalue weighted by Crippen LogP contribution is -2.38. The van der Waals surface area contributed by atoms with Gasteiger partial charge in [-0.05, 0) is 34.5 Å². The van der Waals surface area contributed by atoms with Crippen LogP contribution in [-0.4, -0.2) is 31.5 Å². The third-order valence-corrected chi connectivity index (χ3v) is 3.19. The summed E-state index contributed by atoms with van der Waals surface area (Å²) in [6, 6.07) is 7.24. The summed E-state index contributed by atoms with van der Waals surface area (Å²) in [4.78, 5) is 12.0. The maximum absolute atomic E-state index is 12.0. The number of methoxy groups -OCH3 is 1. The molecule has 0 spiro atoms. The zero-order chi connectivity index (χ0) is 12.7. The van der Waals surface area contributed by atoms with Crippen molar-refractivity contribution >= 4 is 33.4 Å². The molecule has 0 heterocycles. The van der Waals surface area contributed by atoms with Crippen molar-refractivity contribution in [2.24, 2.45) is 0 Å². The van der Waals surface area contributed by atoms with Crippen molar-refractivity contribution in [1.29, 1.82) is 0 Å². The number of carbonyl (C=O) groups excluding carboxylic acids is 1. The van der Waals surface area contributed by atoms with E-state index >= 15 is 0 Å². The first-order valence-electron chi connectivity index (χ1n) is 5.29. The number of ether oxygens (including phenoxy) is 1. The second kappa shape index (κ2) is 7.69. The lowest BCUT2D eigenvalue weighted by Gasteiger charge is -2.17. The number of rotatable bonds is 6. The van der Waals surface area contributed by atoms with Crippen LogP contribution in [0.15, 0.2) is 28.7 Å². The summed E-state index contributed by atoms with van der Waals surface area (Å²) < 4.78 is 5.82. The van der Waals surface area contributed by atoms with Crippen LogP contribution in [0, 0.1) is 0 Å². The Labute approximate surface area is 115 Å². The van der Waals surface area contributed by atoms with Crippen LogP contribution in [-0.2, 0) is 4.74 Å². The number of halogens is 2. The van der Waals surface area contributed by atoms with Gasteiger partial charge in [-0.3, -0.25) is 4.79 Å². The Morgan fingerprint density at radius 1 is 1.53 bits per heavy atom. The van der Waals surface area contributed by atoms with Crippen molar-refractivity contribution in [1.82, 2.24) is 5.32 Å². The highest BCUT2D eigenvalue weighted by atomic mass is 79.9. The Kier molecular flexibility index (Phi) is 6.55. The van der Waals surface area contributed by atoms with E-state index in [2.05, 4.69) is 21.2 Å². The second-order valence-corrected chi connectivity index (χ2v) is 4.82. The zero-order valence-corrected chi connectivity index (χ0v) is 11.9. The molecule has 0 radical (unpaired) electrons. The van der Waals surface area contributed by atoms with Crippen LogP contribution < -0.4 is 5.32 Å². The van der Waals surface area contributed by atoms with Crippen molar-refractivity contribution in [3.05, 3.63) is 34.3 Å². The minimum atomic E-state index is -0.121. The van der Waals surface area contributed by atoms with Crippen LogP contribution in [0.5, 0.6) is 0 Å². The molecule has 0 saturated carbocycles. The maximum atomic E-state index is 12.0. The van der Waals surface area contributed by atoms with Gasteiger partial charge in [0.05, 0.1) is 18.2 Å². The number of carbonyl (C=O) groups is 1. The van der Waals surface area contributed by atoms with Gasteiger partial charge in [-0.2, -0.15) is 0 Å². The quantitative estimate of drug-likeness (QED) is 0.819. The number of amides is 1. The van der Waals surface area contributed by atoms with Gasteiger partial charge in [0, 0.05) is 17.5 Å². The summed E-state index contributed by atoms with van der Waals surface area (Å²) in [5.74, 6) is 0.370. The minimum Gasteiger partial charge on any atom is -0.383 e. The molecule has 17 heavy (non-hydrogen) atoms. The lowest BCUT2D eigenvalue weighted by molar-refractivity contribution is 0.0894. The van der Waals surface area contributed by atoms with Gasteiger partial charge in [0.1, 0.15) is 0 Å². The Hall–Kier alpha value is -0.580. The Bertz CT molecular complexity index is 367. The minimum absolute atomic E-state index is 0.0582. The molecule has 0 aliphatic rings. The highest BCUT2D eigenvalue weighted by Crippen LogP contribution is 2.15. The van der Waals surface area contributed by atoms with Crippen molar-refractivity contribution < 1.29 is 9.53 Å². The summed E-state index contributed by atoms with van der Waals surface area (Å²) in [6.45, 7) is 0.461. The molecule has 1 aromatic carbocycles. The normalized spacial score (nSPS) is 12.2. The molecular weight excluding hydrogens is 305 g/mol. The van der Waals surface area contributed by atoms with Crippen molar-refractivity contribution in [2.75, 3.05) is 19.6 Å². The van der Waals surface area contributed by atoms with E-state index in [1.54, 1.807) is 13.2 Å². The van der Waals surface area contributed by atoms with Crippen LogP contribution >= 0.6 is 27.5 Å². The monoisotopic (exact) mass is 319 g/mol. The maximum Gasteiger partial charge on any atom is 0.252 e. The number of alkyl halides is 1. The fourth-order valence-electron chi connectivity index (χ4n) is 1.44. The summed E-state index contributed by atoms with van der Waals surface area (Å²) in [5.41, 5.74) is 0.614. The van der Waals surface area contributed by atoms with E-state index in [4.69, 9.17) is 16.3 Å². The van der Waals surface area contributed by atoms with E-state index < -0.39 is 0 Å². The average molecular weight is 321 g/mol. The van der Waals surface area contributed by atoms with Gasteiger partial charge in [-0.25, -0.2) is 0 Å². The van der Waals surface area contributed by atoms with Crippen LogP contribution in [0.2, 0.25) is 0 Å². The molecule has 0 saturated heterocycles. The molecule has 1 aromatic rings. The summed E-state index contributed by atoms with van der Waals surface area (Å²) in [5, 5.41) is 2.90. The summed E-state index contributed by atoms with van der Waals surface area (Å²) in [6.07, 6.45) is 0.686. The van der Waals surface area contributed by atoms with Gasteiger partial charge in [0.2, 0.25) is 0 Å². The van der Waals surface area contributed by atoms with E-state index in [0.717, 1.165) is 4.47 Å². The second-order valence-electron chi connectivity index (χ2n) is 3.58. The van der Waals surface area contributed by atoms with E-state index in [0.29, 0.717) is 24.5 Å². The molecule has 1 atom stereocenters. The molecule has 1 unspecified atom stereocenters. The highest BCUT2D eigenvalue weighted by Gasteiger charge is 2.14. The van der Waals surface area contributed by atoms with Crippen LogP contribution in [0.1, 0.15) is 16.8 Å². The highest BCUT2D eigenvalue weighted by molar-refractivity contribution is 9.10. The fraction of sp³-hybridized carbons (Fsp3) is 0.417. The first kappa shape index (κ1) is 14.5. The smallest absolute Gasteiger partial charge is 0.252 e. The third-order valence-electron chi connectivity index (χ3n) is 2.28. The molecule has 1 amide bonds. The van der Waals surface area contributed by atoms with Crippen molar-refractivity contribution in [3.63, 3.8) is 0 Å². The molecule has 0 aliphatic heterocycles. The Morgan fingerprint density at radius 2 is 2.24 bits per heavy atom. The SMILES string of the molecule is COCC(CCCl)NC(=O)c1ccccc1Br. The molecule has 0 aromatic heterocycles. The predicted molar refractivity (Wildman–Crippen MR) is 72.6 cm³/mol. The Morgan fingerprint density at radius 3 is 2.82 bits per heavy atom. The number of benzene rings is 1. The van der Waals surface area contributed by atoms with Gasteiger partial charge in [-0.15, -0.1) is 11.6 Å². The molecular formula is C12H15BrClNO2. The number of hydrogen-bond donors (Lipinski definition) is 1. The Balaban J connectivity index is 2.67. The molecule has 0 fully saturated rings. The van der Waals surface area contributed by atoms with Gasteiger partial charge in [0.25, 0.3) is 5.91 Å². The molecule has 1 N–H and O–H groups in total. The molecule has 5 heteroatoms. The molecule has 1 rings (SSSR count). The average Bonchev–Trinajstić information content (AvgIpc) is 2.30. The molecule has 94 valence electrons. The zero-order valence-electron chi connectivity index (χ0n) is 9.58. The van der Waals surface area contributed by atoms with Crippen molar-refractivity contribution in [3.8, 4) is 0 Å². The third kappa shape index (κ3) is 4.66. The van der Waals surface area contributed by atoms with E-state index in [9.17, 15) is 4.79 Å². The van der Waals surface area contributed by atoms with Crippen LogP contribution in [0.3, 0.4) is 0 Å². The molecule has 3 nitrogen and oxygen atoms in total. The summed E-state index contributed by atoms with van der Waals surface area (Å²) in [7, 11) is 1.60. The lowest BCUT2D eigenvalue weighted by atomic mass is 10.2. The first-order valence-corrected chi connectivity index (χ1v) is 6.62. The topological polar surface area (TPSA) is 38.3 Å². The van der Waals surface area contributed by atoms with Gasteiger partial charge < -0.3 is 10.1 Å². The van der Waals surface area contributed by atoms with Crippen LogP contribution in [0.4, 0.5) is 0 Å². The van der Waals surface area contributed by atoms with Crippen molar-refractivity contribution in [2.45, 2.75) is 12.5 Å². The van der Waals surface area contributed by atoms with Gasteiger partial charge in [-0.1, -0.05) is 12.1 Å². The predicted octanol–water partition coefficient (Wildman–Crippen LogP) is 2.82. The van der Waals surface area contributed by atoms with E-state index in [-0.39, 0.29) is 11.9 Å². The number of hydrogen-bond acceptors (Lipinski definition) is 2. The standard InChI is InChI=1S/C12H15BrClNO2/c1-17-8-9(6-7-14)15-12(16)10-4-2-3-5-11(10)13/h2-5,9H,6-8H2,1H3,(H,15,16). The number of nitrogens with one attached hydrogen (secondary N) is 1. The molecule has 0 bridgehead atoms. The fourth-order valence-corrected chi connectivity index (χ4v) is 2.17. The van der Waals surface area contributed by atoms with Crippen LogP contribution in [0.25, 0.3) is 0 Å². The van der Waals surface area contributed by atoms with Gasteiger partial charge in [0.15, 0.2) is 0 Å². The van der Waals surface area contributed by atoms with E-state index in [1.165, 1.54) is 0 Å². The molecule has 0 aliphatic carbocycles. The first-order chi connectivity index (χ1) is 8.19.